The van der Waals surface area contributed by atoms with Crippen molar-refractivity contribution in [2.24, 2.45) is 0 Å². The number of ketones is 1. The normalized spacial score (nSPS) is 12.9. The number of ether oxygens (including phenoxy) is 3. The van der Waals surface area contributed by atoms with E-state index in [1.807, 2.05) is 0 Å². The molecule has 0 radical (unpaired) electrons. The van der Waals surface area contributed by atoms with Gasteiger partial charge in [-0.15, -0.1) is 0 Å². The first-order chi connectivity index (χ1) is 12.8. The van der Waals surface area contributed by atoms with E-state index in [9.17, 15) is 18.0 Å². The SMILES string of the molecule is CS(=O)(=O)Nc1cccc(C(=O)OCC(=O)c2ccc3c(c2)OCCO3)c1. The second kappa shape index (κ2) is 7.67. The van der Waals surface area contributed by atoms with Crippen molar-refractivity contribution in [2.45, 2.75) is 0 Å². The van der Waals surface area contributed by atoms with Crippen molar-refractivity contribution >= 4 is 27.5 Å². The van der Waals surface area contributed by atoms with E-state index in [0.717, 1.165) is 6.26 Å². The highest BCUT2D eigenvalue weighted by Gasteiger charge is 2.17. The second-order valence-corrected chi connectivity index (χ2v) is 7.56. The summed E-state index contributed by atoms with van der Waals surface area (Å²) in [5.41, 5.74) is 0.684. The van der Waals surface area contributed by atoms with Crippen molar-refractivity contribution in [3.63, 3.8) is 0 Å². The maximum atomic E-state index is 12.3. The maximum absolute atomic E-state index is 12.3. The van der Waals surface area contributed by atoms with Crippen LogP contribution in [0.5, 0.6) is 11.5 Å². The van der Waals surface area contributed by atoms with Crippen molar-refractivity contribution in [3.05, 3.63) is 53.6 Å². The maximum Gasteiger partial charge on any atom is 0.338 e. The zero-order valence-corrected chi connectivity index (χ0v) is 15.2. The number of rotatable bonds is 6. The molecule has 3 rings (SSSR count). The number of carbonyl (C=O) groups is 2. The molecule has 0 unspecified atom stereocenters. The van der Waals surface area contributed by atoms with Gasteiger partial charge in [-0.3, -0.25) is 9.52 Å². The van der Waals surface area contributed by atoms with E-state index in [-0.39, 0.29) is 11.3 Å². The van der Waals surface area contributed by atoms with Gasteiger partial charge in [-0.2, -0.15) is 0 Å². The number of sulfonamides is 1. The van der Waals surface area contributed by atoms with Crippen LogP contribution in [0.4, 0.5) is 5.69 Å². The average Bonchev–Trinajstić information content (AvgIpc) is 2.64. The van der Waals surface area contributed by atoms with Crippen LogP contribution < -0.4 is 14.2 Å². The smallest absolute Gasteiger partial charge is 0.338 e. The quantitative estimate of drug-likeness (QED) is 0.591. The van der Waals surface area contributed by atoms with Gasteiger partial charge >= 0.3 is 5.97 Å². The van der Waals surface area contributed by atoms with Gasteiger partial charge in [-0.1, -0.05) is 6.07 Å². The van der Waals surface area contributed by atoms with Gasteiger partial charge in [0.05, 0.1) is 11.8 Å². The molecule has 0 fully saturated rings. The lowest BCUT2D eigenvalue weighted by molar-refractivity contribution is 0.0474. The fraction of sp³-hybridized carbons (Fsp3) is 0.222. The van der Waals surface area contributed by atoms with Crippen molar-refractivity contribution < 1.29 is 32.2 Å². The average molecular weight is 391 g/mol. The standard InChI is InChI=1S/C18H17NO7S/c1-27(22,23)19-14-4-2-3-13(9-14)18(21)26-11-15(20)12-5-6-16-17(10-12)25-8-7-24-16/h2-6,9-10,19H,7-8,11H2,1H3. The van der Waals surface area contributed by atoms with E-state index in [1.165, 1.54) is 24.3 Å². The van der Waals surface area contributed by atoms with E-state index in [1.54, 1.807) is 18.2 Å². The van der Waals surface area contributed by atoms with Gasteiger partial charge in [0.1, 0.15) is 13.2 Å². The number of hydrogen-bond acceptors (Lipinski definition) is 7. The van der Waals surface area contributed by atoms with Crippen LogP contribution in [-0.2, 0) is 14.8 Å². The lowest BCUT2D eigenvalue weighted by Crippen LogP contribution is -2.17. The molecule has 0 saturated heterocycles. The summed E-state index contributed by atoms with van der Waals surface area (Å²) in [6.45, 7) is 0.394. The Morgan fingerprint density at radius 2 is 1.78 bits per heavy atom. The number of hydrogen-bond donors (Lipinski definition) is 1. The summed E-state index contributed by atoms with van der Waals surface area (Å²) < 4.78 is 40.6. The summed E-state index contributed by atoms with van der Waals surface area (Å²) in [5, 5.41) is 0. The van der Waals surface area contributed by atoms with Crippen LogP contribution in [0, 0.1) is 0 Å². The highest BCUT2D eigenvalue weighted by molar-refractivity contribution is 7.92. The molecule has 1 N–H and O–H groups in total. The van der Waals surface area contributed by atoms with Gasteiger partial charge in [-0.05, 0) is 36.4 Å². The summed E-state index contributed by atoms with van der Waals surface area (Å²) in [6.07, 6.45) is 1.00. The van der Waals surface area contributed by atoms with E-state index in [0.29, 0.717) is 30.3 Å². The Bertz CT molecular complexity index is 985. The number of benzene rings is 2. The van der Waals surface area contributed by atoms with Gasteiger partial charge in [0, 0.05) is 11.3 Å². The summed E-state index contributed by atoms with van der Waals surface area (Å²) in [6, 6.07) is 10.5. The fourth-order valence-electron chi connectivity index (χ4n) is 2.44. The Morgan fingerprint density at radius 1 is 1.04 bits per heavy atom. The Balaban J connectivity index is 1.63. The zero-order valence-electron chi connectivity index (χ0n) is 14.4. The highest BCUT2D eigenvalue weighted by Crippen LogP contribution is 2.30. The van der Waals surface area contributed by atoms with Crippen molar-refractivity contribution in [1.29, 1.82) is 0 Å². The number of fused-ring (bicyclic) bond motifs is 1. The first-order valence-electron chi connectivity index (χ1n) is 8.00. The van der Waals surface area contributed by atoms with Gasteiger partial charge in [0.25, 0.3) is 0 Å². The van der Waals surface area contributed by atoms with E-state index >= 15 is 0 Å². The molecular weight excluding hydrogens is 374 g/mol. The van der Waals surface area contributed by atoms with E-state index < -0.39 is 28.4 Å². The van der Waals surface area contributed by atoms with Crippen molar-refractivity contribution in [2.75, 3.05) is 30.8 Å². The number of esters is 1. The fourth-order valence-corrected chi connectivity index (χ4v) is 2.99. The molecule has 0 saturated carbocycles. The van der Waals surface area contributed by atoms with Crippen molar-refractivity contribution in [3.8, 4) is 11.5 Å². The highest BCUT2D eigenvalue weighted by atomic mass is 32.2. The third kappa shape index (κ3) is 4.98. The molecule has 1 heterocycles. The summed E-state index contributed by atoms with van der Waals surface area (Å²) >= 11 is 0. The number of nitrogens with one attached hydrogen (secondary N) is 1. The molecule has 0 bridgehead atoms. The van der Waals surface area contributed by atoms with Crippen LogP contribution in [0.3, 0.4) is 0 Å². The van der Waals surface area contributed by atoms with Gasteiger partial charge in [-0.25, -0.2) is 13.2 Å². The van der Waals surface area contributed by atoms with Gasteiger partial charge in [0.2, 0.25) is 10.0 Å². The molecule has 9 heteroatoms. The van der Waals surface area contributed by atoms with Crippen LogP contribution >= 0.6 is 0 Å². The Kier molecular flexibility index (Phi) is 5.31. The summed E-state index contributed by atoms with van der Waals surface area (Å²) in [4.78, 5) is 24.4. The summed E-state index contributed by atoms with van der Waals surface area (Å²) in [7, 11) is -3.47. The van der Waals surface area contributed by atoms with E-state index in [4.69, 9.17) is 14.2 Å². The number of anilines is 1. The van der Waals surface area contributed by atoms with Gasteiger partial charge < -0.3 is 14.2 Å². The molecule has 142 valence electrons. The topological polar surface area (TPSA) is 108 Å². The molecule has 27 heavy (non-hydrogen) atoms. The molecule has 1 aliphatic heterocycles. The van der Waals surface area contributed by atoms with Crippen LogP contribution in [-0.4, -0.2) is 46.2 Å². The van der Waals surface area contributed by atoms with Crippen molar-refractivity contribution in [1.82, 2.24) is 0 Å². The number of carbonyl (C=O) groups excluding carboxylic acids is 2. The van der Waals surface area contributed by atoms with Crippen LogP contribution in [0.1, 0.15) is 20.7 Å². The third-order valence-corrected chi connectivity index (χ3v) is 4.21. The Labute approximate surface area is 156 Å². The third-order valence-electron chi connectivity index (χ3n) is 3.60. The minimum absolute atomic E-state index is 0.124. The second-order valence-electron chi connectivity index (χ2n) is 5.81. The van der Waals surface area contributed by atoms with Gasteiger partial charge in [0.15, 0.2) is 23.9 Å². The van der Waals surface area contributed by atoms with Crippen LogP contribution in [0.25, 0.3) is 0 Å². The minimum atomic E-state index is -3.47. The Morgan fingerprint density at radius 3 is 2.52 bits per heavy atom. The first kappa shape index (κ1) is 18.7. The molecule has 0 amide bonds. The predicted octanol–water partition coefficient (Wildman–Crippen LogP) is 1.87. The Hall–Kier alpha value is -3.07. The molecule has 0 spiro atoms. The predicted molar refractivity (Wildman–Crippen MR) is 97.0 cm³/mol. The lowest BCUT2D eigenvalue weighted by atomic mass is 10.1. The van der Waals surface area contributed by atoms with Crippen LogP contribution in [0.15, 0.2) is 42.5 Å². The molecule has 8 nitrogen and oxygen atoms in total. The molecular formula is C18H17NO7S. The minimum Gasteiger partial charge on any atom is -0.486 e. The molecule has 2 aromatic rings. The molecule has 1 aliphatic rings. The molecule has 0 aromatic heterocycles. The first-order valence-corrected chi connectivity index (χ1v) is 9.89. The van der Waals surface area contributed by atoms with Crippen LogP contribution in [0.2, 0.25) is 0 Å². The largest absolute Gasteiger partial charge is 0.486 e. The van der Waals surface area contributed by atoms with E-state index in [2.05, 4.69) is 4.72 Å². The number of Topliss-reactive ketones (excluding diaryl/α,β-unsaturated/α-hetero) is 1. The summed E-state index contributed by atoms with van der Waals surface area (Å²) in [5.74, 6) is -0.105. The molecule has 0 atom stereocenters. The lowest BCUT2D eigenvalue weighted by Gasteiger charge is -2.18. The monoisotopic (exact) mass is 391 g/mol. The molecule has 0 aliphatic carbocycles. The molecule has 2 aromatic carbocycles. The zero-order chi connectivity index (χ0) is 19.4.